The van der Waals surface area contributed by atoms with E-state index in [1.807, 2.05) is 25.2 Å². The highest BCUT2D eigenvalue weighted by Crippen LogP contribution is 2.20. The molecule has 0 bridgehead atoms. The molecule has 0 atom stereocenters. The molecule has 2 rings (SSSR count). The molecule has 0 amide bonds. The third-order valence-electron chi connectivity index (χ3n) is 1.97. The van der Waals surface area contributed by atoms with E-state index in [0.717, 1.165) is 16.8 Å². The average Bonchev–Trinajstić information content (AvgIpc) is 2.59. The van der Waals surface area contributed by atoms with Crippen molar-refractivity contribution >= 4 is 11.1 Å². The molecule has 0 aliphatic carbocycles. The summed E-state index contributed by atoms with van der Waals surface area (Å²) in [6.45, 7) is 0.636. The van der Waals surface area contributed by atoms with Crippen LogP contribution in [0.2, 0.25) is 0 Å². The quantitative estimate of drug-likeness (QED) is 0.801. The highest BCUT2D eigenvalue weighted by molar-refractivity contribution is 5.74. The molecule has 0 unspecified atom stereocenters. The summed E-state index contributed by atoms with van der Waals surface area (Å²) in [5.41, 5.74) is 1.62. The Morgan fingerprint density at radius 3 is 3.07 bits per heavy atom. The first-order valence-corrected chi connectivity index (χ1v) is 4.41. The SMILES string of the molecule is CNCc1nc2cc(OC)ccc2o1. The number of ether oxygens (including phenoxy) is 1. The van der Waals surface area contributed by atoms with Gasteiger partial charge in [-0.15, -0.1) is 0 Å². The standard InChI is InChI=1S/C10H12N2O2/c1-11-6-10-12-8-5-7(13-2)3-4-9(8)14-10/h3-5,11H,6H2,1-2H3. The molecule has 0 saturated heterocycles. The van der Waals surface area contributed by atoms with Crippen molar-refractivity contribution in [2.75, 3.05) is 14.2 Å². The Kier molecular flexibility index (Phi) is 2.37. The van der Waals surface area contributed by atoms with Gasteiger partial charge in [0.05, 0.1) is 13.7 Å². The maximum atomic E-state index is 5.48. The normalized spacial score (nSPS) is 10.7. The van der Waals surface area contributed by atoms with Crippen LogP contribution in [0.25, 0.3) is 11.1 Å². The lowest BCUT2D eigenvalue weighted by Crippen LogP contribution is -2.04. The Labute approximate surface area is 81.9 Å². The predicted molar refractivity (Wildman–Crippen MR) is 53.3 cm³/mol. The first-order chi connectivity index (χ1) is 6.83. The van der Waals surface area contributed by atoms with Gasteiger partial charge in [0.15, 0.2) is 5.58 Å². The summed E-state index contributed by atoms with van der Waals surface area (Å²) in [7, 11) is 3.49. The summed E-state index contributed by atoms with van der Waals surface area (Å²) >= 11 is 0. The van der Waals surface area contributed by atoms with Crippen molar-refractivity contribution in [1.29, 1.82) is 0 Å². The van der Waals surface area contributed by atoms with Crippen LogP contribution < -0.4 is 10.1 Å². The smallest absolute Gasteiger partial charge is 0.209 e. The molecular formula is C10H12N2O2. The van der Waals surface area contributed by atoms with E-state index < -0.39 is 0 Å². The number of rotatable bonds is 3. The van der Waals surface area contributed by atoms with E-state index in [-0.39, 0.29) is 0 Å². The van der Waals surface area contributed by atoms with E-state index in [2.05, 4.69) is 10.3 Å². The zero-order valence-corrected chi connectivity index (χ0v) is 8.20. The lowest BCUT2D eigenvalue weighted by molar-refractivity contribution is 0.415. The lowest BCUT2D eigenvalue weighted by Gasteiger charge is -1.95. The van der Waals surface area contributed by atoms with E-state index in [4.69, 9.17) is 9.15 Å². The highest BCUT2D eigenvalue weighted by Gasteiger charge is 2.05. The molecule has 1 N–H and O–H groups in total. The summed E-state index contributed by atoms with van der Waals surface area (Å²) in [5.74, 6) is 1.48. The van der Waals surface area contributed by atoms with Crippen molar-refractivity contribution in [3.05, 3.63) is 24.1 Å². The fourth-order valence-electron chi connectivity index (χ4n) is 1.31. The van der Waals surface area contributed by atoms with Crippen LogP contribution in [0.5, 0.6) is 5.75 Å². The van der Waals surface area contributed by atoms with Gasteiger partial charge < -0.3 is 14.5 Å². The van der Waals surface area contributed by atoms with Crippen LogP contribution in [0.1, 0.15) is 5.89 Å². The van der Waals surface area contributed by atoms with Crippen LogP contribution in [0.3, 0.4) is 0 Å². The number of nitrogens with one attached hydrogen (secondary N) is 1. The minimum absolute atomic E-state index is 0.636. The second-order valence-electron chi connectivity index (χ2n) is 2.97. The zero-order valence-electron chi connectivity index (χ0n) is 8.20. The van der Waals surface area contributed by atoms with E-state index >= 15 is 0 Å². The first-order valence-electron chi connectivity index (χ1n) is 4.41. The largest absolute Gasteiger partial charge is 0.497 e. The second-order valence-corrected chi connectivity index (χ2v) is 2.97. The average molecular weight is 192 g/mol. The number of nitrogens with zero attached hydrogens (tertiary/aromatic N) is 1. The van der Waals surface area contributed by atoms with Gasteiger partial charge in [-0.3, -0.25) is 0 Å². The van der Waals surface area contributed by atoms with Crippen molar-refractivity contribution in [3.8, 4) is 5.75 Å². The Hall–Kier alpha value is -1.55. The molecule has 14 heavy (non-hydrogen) atoms. The van der Waals surface area contributed by atoms with Crippen molar-refractivity contribution < 1.29 is 9.15 Å². The molecule has 0 fully saturated rings. The van der Waals surface area contributed by atoms with Crippen molar-refractivity contribution in [3.63, 3.8) is 0 Å². The molecule has 1 heterocycles. The summed E-state index contributed by atoms with van der Waals surface area (Å²) in [5, 5.41) is 2.99. The highest BCUT2D eigenvalue weighted by atomic mass is 16.5. The third-order valence-corrected chi connectivity index (χ3v) is 1.97. The molecule has 1 aromatic heterocycles. The summed E-state index contributed by atoms with van der Waals surface area (Å²) in [6, 6.07) is 5.58. The number of hydrogen-bond donors (Lipinski definition) is 1. The fraction of sp³-hybridized carbons (Fsp3) is 0.300. The van der Waals surface area contributed by atoms with Gasteiger partial charge in [0, 0.05) is 6.07 Å². The number of fused-ring (bicyclic) bond motifs is 1. The molecule has 2 aromatic rings. The number of methoxy groups -OCH3 is 1. The number of aromatic nitrogens is 1. The molecule has 0 aliphatic heterocycles. The molecule has 0 spiro atoms. The zero-order chi connectivity index (χ0) is 9.97. The second kappa shape index (κ2) is 3.67. The molecule has 74 valence electrons. The van der Waals surface area contributed by atoms with E-state index in [1.165, 1.54) is 0 Å². The Morgan fingerprint density at radius 2 is 2.36 bits per heavy atom. The van der Waals surface area contributed by atoms with Gasteiger partial charge in [0.2, 0.25) is 5.89 Å². The summed E-state index contributed by atoms with van der Waals surface area (Å²) in [4.78, 5) is 4.30. The van der Waals surface area contributed by atoms with Crippen molar-refractivity contribution in [2.24, 2.45) is 0 Å². The van der Waals surface area contributed by atoms with Crippen LogP contribution in [0, 0.1) is 0 Å². The van der Waals surface area contributed by atoms with Gasteiger partial charge in [-0.25, -0.2) is 4.98 Å². The molecule has 1 aromatic carbocycles. The molecular weight excluding hydrogens is 180 g/mol. The van der Waals surface area contributed by atoms with Gasteiger partial charge in [-0.1, -0.05) is 0 Å². The minimum atomic E-state index is 0.636. The van der Waals surface area contributed by atoms with Crippen LogP contribution in [-0.4, -0.2) is 19.1 Å². The van der Waals surface area contributed by atoms with Gasteiger partial charge in [0.1, 0.15) is 11.3 Å². The number of oxazole rings is 1. The van der Waals surface area contributed by atoms with Crippen LogP contribution >= 0.6 is 0 Å². The van der Waals surface area contributed by atoms with Crippen molar-refractivity contribution in [1.82, 2.24) is 10.3 Å². The van der Waals surface area contributed by atoms with Gasteiger partial charge in [-0.2, -0.15) is 0 Å². The first kappa shape index (κ1) is 9.02. The lowest BCUT2D eigenvalue weighted by atomic mass is 10.3. The molecule has 4 nitrogen and oxygen atoms in total. The summed E-state index contributed by atoms with van der Waals surface area (Å²) in [6.07, 6.45) is 0. The molecule has 0 radical (unpaired) electrons. The number of hydrogen-bond acceptors (Lipinski definition) is 4. The minimum Gasteiger partial charge on any atom is -0.497 e. The third kappa shape index (κ3) is 1.56. The van der Waals surface area contributed by atoms with E-state index in [1.54, 1.807) is 7.11 Å². The van der Waals surface area contributed by atoms with Crippen LogP contribution in [-0.2, 0) is 6.54 Å². The van der Waals surface area contributed by atoms with Crippen LogP contribution in [0.4, 0.5) is 0 Å². The molecule has 0 aliphatic rings. The topological polar surface area (TPSA) is 47.3 Å². The maximum Gasteiger partial charge on any atom is 0.209 e. The van der Waals surface area contributed by atoms with Crippen LogP contribution in [0.15, 0.2) is 22.6 Å². The van der Waals surface area contributed by atoms with Gasteiger partial charge in [0.25, 0.3) is 0 Å². The van der Waals surface area contributed by atoms with E-state index in [9.17, 15) is 0 Å². The Bertz CT molecular complexity index is 437. The Morgan fingerprint density at radius 1 is 1.50 bits per heavy atom. The Balaban J connectivity index is 2.43. The van der Waals surface area contributed by atoms with Crippen molar-refractivity contribution in [2.45, 2.75) is 6.54 Å². The van der Waals surface area contributed by atoms with Gasteiger partial charge in [-0.05, 0) is 19.2 Å². The van der Waals surface area contributed by atoms with Gasteiger partial charge >= 0.3 is 0 Å². The fourth-order valence-corrected chi connectivity index (χ4v) is 1.31. The molecule has 4 heteroatoms. The molecule has 0 saturated carbocycles. The predicted octanol–water partition coefficient (Wildman–Crippen LogP) is 1.56. The number of benzene rings is 1. The monoisotopic (exact) mass is 192 g/mol. The maximum absolute atomic E-state index is 5.48. The summed E-state index contributed by atoms with van der Waals surface area (Å²) < 4.78 is 10.6. The van der Waals surface area contributed by atoms with E-state index in [0.29, 0.717) is 12.4 Å².